The second kappa shape index (κ2) is 11.8. The highest BCUT2D eigenvalue weighted by molar-refractivity contribution is 6.02. The Bertz CT molecular complexity index is 1450. The number of ether oxygens (including phenoxy) is 2. The first-order valence-electron chi connectivity index (χ1n) is 11.7. The number of rotatable bonds is 9. The molecule has 2 aromatic heterocycles. The SMILES string of the molecule is CCn1nc(-c2ccccc2)c(C(=O)OCC(=O)OCc2ccccc2)c(Nc2cnccc2C)c1=O. The van der Waals surface area contributed by atoms with Crippen LogP contribution in [-0.2, 0) is 27.4 Å². The molecule has 4 rings (SSSR count). The van der Waals surface area contributed by atoms with Crippen molar-refractivity contribution in [3.8, 4) is 11.3 Å². The van der Waals surface area contributed by atoms with Gasteiger partial charge in [0.15, 0.2) is 6.61 Å². The minimum atomic E-state index is -0.882. The highest BCUT2D eigenvalue weighted by Crippen LogP contribution is 2.28. The maximum absolute atomic E-state index is 13.4. The minimum Gasteiger partial charge on any atom is -0.458 e. The third kappa shape index (κ3) is 6.07. The fourth-order valence-corrected chi connectivity index (χ4v) is 3.60. The van der Waals surface area contributed by atoms with Crippen LogP contribution in [0.4, 0.5) is 11.4 Å². The van der Waals surface area contributed by atoms with Crippen molar-refractivity contribution in [2.75, 3.05) is 11.9 Å². The number of hydrogen-bond donors (Lipinski definition) is 1. The first-order chi connectivity index (χ1) is 18.0. The van der Waals surface area contributed by atoms with E-state index < -0.39 is 24.1 Å². The molecule has 0 saturated carbocycles. The smallest absolute Gasteiger partial charge is 0.344 e. The Kier molecular flexibility index (Phi) is 8.05. The molecular formula is C28H26N4O5. The van der Waals surface area contributed by atoms with E-state index in [1.54, 1.807) is 49.6 Å². The van der Waals surface area contributed by atoms with Gasteiger partial charge in [-0.1, -0.05) is 60.7 Å². The average Bonchev–Trinajstić information content (AvgIpc) is 2.93. The molecule has 4 aromatic rings. The molecule has 9 heteroatoms. The summed E-state index contributed by atoms with van der Waals surface area (Å²) in [6.45, 7) is 3.34. The van der Waals surface area contributed by atoms with Crippen molar-refractivity contribution in [3.05, 3.63) is 106 Å². The second-order valence-electron chi connectivity index (χ2n) is 8.12. The molecule has 0 bridgehead atoms. The second-order valence-corrected chi connectivity index (χ2v) is 8.12. The molecule has 0 atom stereocenters. The maximum Gasteiger partial charge on any atom is 0.344 e. The lowest BCUT2D eigenvalue weighted by Gasteiger charge is -2.17. The van der Waals surface area contributed by atoms with Crippen molar-refractivity contribution in [1.29, 1.82) is 0 Å². The summed E-state index contributed by atoms with van der Waals surface area (Å²) in [4.78, 5) is 43.1. The number of pyridine rings is 1. The number of esters is 2. The van der Waals surface area contributed by atoms with Gasteiger partial charge >= 0.3 is 11.9 Å². The molecule has 0 unspecified atom stereocenters. The lowest BCUT2D eigenvalue weighted by Crippen LogP contribution is -2.29. The van der Waals surface area contributed by atoms with E-state index in [2.05, 4.69) is 15.4 Å². The summed E-state index contributed by atoms with van der Waals surface area (Å²) in [6.07, 6.45) is 3.19. The Morgan fingerprint density at radius 2 is 1.68 bits per heavy atom. The van der Waals surface area contributed by atoms with E-state index in [4.69, 9.17) is 9.47 Å². The first kappa shape index (κ1) is 25.3. The largest absolute Gasteiger partial charge is 0.458 e. The summed E-state index contributed by atoms with van der Waals surface area (Å²) in [6, 6.07) is 19.9. The van der Waals surface area contributed by atoms with Crippen molar-refractivity contribution in [3.63, 3.8) is 0 Å². The van der Waals surface area contributed by atoms with Crippen LogP contribution < -0.4 is 10.9 Å². The lowest BCUT2D eigenvalue weighted by molar-refractivity contribution is -0.148. The molecule has 0 radical (unpaired) electrons. The third-order valence-electron chi connectivity index (χ3n) is 5.57. The molecule has 188 valence electrons. The summed E-state index contributed by atoms with van der Waals surface area (Å²) in [7, 11) is 0. The average molecular weight is 499 g/mol. The van der Waals surface area contributed by atoms with Crippen LogP contribution >= 0.6 is 0 Å². The van der Waals surface area contributed by atoms with Gasteiger partial charge in [0.25, 0.3) is 5.56 Å². The van der Waals surface area contributed by atoms with Crippen LogP contribution in [0.1, 0.15) is 28.4 Å². The molecule has 0 amide bonds. The summed E-state index contributed by atoms with van der Waals surface area (Å²) in [5.41, 5.74) is 2.41. The van der Waals surface area contributed by atoms with Crippen molar-refractivity contribution in [2.45, 2.75) is 27.0 Å². The Hall–Kier alpha value is -4.79. The fourth-order valence-electron chi connectivity index (χ4n) is 3.60. The standard InChI is InChI=1S/C28H26N4O5/c1-3-32-27(34)26(30-22-16-29-15-14-19(22)2)24(25(31-32)21-12-8-5-9-13-21)28(35)37-18-23(33)36-17-20-10-6-4-7-11-20/h4-16,30H,3,17-18H2,1-2H3. The zero-order valence-electron chi connectivity index (χ0n) is 20.5. The van der Waals surface area contributed by atoms with Crippen LogP contribution in [0.3, 0.4) is 0 Å². The molecule has 0 aliphatic rings. The molecule has 1 N–H and O–H groups in total. The van der Waals surface area contributed by atoms with Gasteiger partial charge < -0.3 is 14.8 Å². The Labute approximate surface area is 213 Å². The molecule has 2 aromatic carbocycles. The van der Waals surface area contributed by atoms with E-state index in [1.807, 2.05) is 43.3 Å². The van der Waals surface area contributed by atoms with Gasteiger partial charge in [0.2, 0.25) is 0 Å². The Morgan fingerprint density at radius 1 is 0.973 bits per heavy atom. The number of hydrogen-bond acceptors (Lipinski definition) is 8. The van der Waals surface area contributed by atoms with E-state index in [0.717, 1.165) is 11.1 Å². The number of nitrogens with one attached hydrogen (secondary N) is 1. The lowest BCUT2D eigenvalue weighted by atomic mass is 10.0. The highest BCUT2D eigenvalue weighted by atomic mass is 16.6. The predicted molar refractivity (Wildman–Crippen MR) is 138 cm³/mol. The molecule has 37 heavy (non-hydrogen) atoms. The van der Waals surface area contributed by atoms with Gasteiger partial charge in [-0.25, -0.2) is 14.3 Å². The van der Waals surface area contributed by atoms with Gasteiger partial charge in [0.1, 0.15) is 23.6 Å². The monoisotopic (exact) mass is 498 g/mol. The molecule has 0 aliphatic carbocycles. The molecule has 0 fully saturated rings. The van der Waals surface area contributed by atoms with E-state index in [1.165, 1.54) is 4.68 Å². The van der Waals surface area contributed by atoms with Crippen molar-refractivity contribution < 1.29 is 19.1 Å². The minimum absolute atomic E-state index is 0.0190. The number of aromatic nitrogens is 3. The van der Waals surface area contributed by atoms with Crippen LogP contribution in [0.5, 0.6) is 0 Å². The number of carbonyl (C=O) groups excluding carboxylic acids is 2. The van der Waals surface area contributed by atoms with Crippen molar-refractivity contribution in [2.24, 2.45) is 0 Å². The highest BCUT2D eigenvalue weighted by Gasteiger charge is 2.26. The number of benzene rings is 2. The van der Waals surface area contributed by atoms with Gasteiger partial charge in [-0.3, -0.25) is 9.78 Å². The van der Waals surface area contributed by atoms with Gasteiger partial charge in [-0.05, 0) is 31.0 Å². The fraction of sp³-hybridized carbons (Fsp3) is 0.179. The van der Waals surface area contributed by atoms with Gasteiger partial charge in [-0.2, -0.15) is 5.10 Å². The molecule has 0 aliphatic heterocycles. The summed E-state index contributed by atoms with van der Waals surface area (Å²) in [5.74, 6) is -1.60. The van der Waals surface area contributed by atoms with Crippen LogP contribution in [-0.4, -0.2) is 33.3 Å². The van der Waals surface area contributed by atoms with E-state index >= 15 is 0 Å². The molecule has 2 heterocycles. The zero-order chi connectivity index (χ0) is 26.2. The number of nitrogens with zero attached hydrogens (tertiary/aromatic N) is 3. The van der Waals surface area contributed by atoms with Gasteiger partial charge in [0, 0.05) is 18.3 Å². The van der Waals surface area contributed by atoms with Crippen LogP contribution in [0.15, 0.2) is 83.9 Å². The number of carbonyl (C=O) groups is 2. The van der Waals surface area contributed by atoms with Gasteiger partial charge in [-0.15, -0.1) is 0 Å². The van der Waals surface area contributed by atoms with Crippen LogP contribution in [0.2, 0.25) is 0 Å². The number of anilines is 2. The summed E-state index contributed by atoms with van der Waals surface area (Å²) < 4.78 is 11.8. The normalized spacial score (nSPS) is 10.5. The van der Waals surface area contributed by atoms with Gasteiger partial charge in [0.05, 0.1) is 11.9 Å². The molecule has 0 saturated heterocycles. The first-order valence-corrected chi connectivity index (χ1v) is 11.7. The maximum atomic E-state index is 13.4. The molecule has 0 spiro atoms. The van der Waals surface area contributed by atoms with Crippen molar-refractivity contribution in [1.82, 2.24) is 14.8 Å². The summed E-state index contributed by atoms with van der Waals surface area (Å²) in [5, 5.41) is 7.50. The van der Waals surface area contributed by atoms with Crippen LogP contribution in [0, 0.1) is 6.92 Å². The third-order valence-corrected chi connectivity index (χ3v) is 5.57. The number of aryl methyl sites for hydroxylation is 2. The molecule has 9 nitrogen and oxygen atoms in total. The summed E-state index contributed by atoms with van der Waals surface area (Å²) >= 11 is 0. The Balaban J connectivity index is 1.68. The van der Waals surface area contributed by atoms with E-state index in [0.29, 0.717) is 11.3 Å². The zero-order valence-corrected chi connectivity index (χ0v) is 20.5. The topological polar surface area (TPSA) is 112 Å². The van der Waals surface area contributed by atoms with E-state index in [9.17, 15) is 14.4 Å². The van der Waals surface area contributed by atoms with Crippen LogP contribution in [0.25, 0.3) is 11.3 Å². The van der Waals surface area contributed by atoms with Crippen molar-refractivity contribution >= 4 is 23.3 Å². The predicted octanol–water partition coefficient (Wildman–Crippen LogP) is 4.28. The Morgan fingerprint density at radius 3 is 2.35 bits per heavy atom. The quantitative estimate of drug-likeness (QED) is 0.340. The molecular weight excluding hydrogens is 472 g/mol. The van der Waals surface area contributed by atoms with E-state index in [-0.39, 0.29) is 30.1 Å².